The number of nitrogens with zero attached hydrogens (tertiary/aromatic N) is 4. The average molecular weight is 545 g/mol. The lowest BCUT2D eigenvalue weighted by atomic mass is 10.1. The van der Waals surface area contributed by atoms with Gasteiger partial charge in [0, 0.05) is 52.0 Å². The van der Waals surface area contributed by atoms with Crippen molar-refractivity contribution in [2.75, 3.05) is 38.5 Å². The molecule has 2 amide bonds. The summed E-state index contributed by atoms with van der Waals surface area (Å²) in [6.45, 7) is 8.30. The number of nitrogens with one attached hydrogen (secondary N) is 2. The third-order valence-corrected chi connectivity index (χ3v) is 6.79. The molecule has 4 rings (SSSR count). The van der Waals surface area contributed by atoms with Crippen molar-refractivity contribution in [3.8, 4) is 0 Å². The highest BCUT2D eigenvalue weighted by molar-refractivity contribution is 5.88. The fourth-order valence-electron chi connectivity index (χ4n) is 4.48. The van der Waals surface area contributed by atoms with Crippen LogP contribution in [0.1, 0.15) is 30.5 Å². The molecule has 1 aliphatic rings. The summed E-state index contributed by atoms with van der Waals surface area (Å²) in [6.07, 6.45) is 0. The zero-order valence-corrected chi connectivity index (χ0v) is 23.4. The number of carbonyl (C=O) groups excluding carboxylic acids is 2. The summed E-state index contributed by atoms with van der Waals surface area (Å²) in [5.41, 5.74) is 5.15. The number of rotatable bonds is 10. The Bertz CT molecular complexity index is 1330. The van der Waals surface area contributed by atoms with Gasteiger partial charge in [-0.25, -0.2) is 9.80 Å². The second-order valence-electron chi connectivity index (χ2n) is 9.85. The van der Waals surface area contributed by atoms with Crippen molar-refractivity contribution in [3.05, 3.63) is 63.6 Å². The highest BCUT2D eigenvalue weighted by Crippen LogP contribution is 2.24. The first-order valence-corrected chi connectivity index (χ1v) is 12.6. The minimum atomic E-state index is -0.435. The van der Waals surface area contributed by atoms with E-state index in [1.54, 1.807) is 36.1 Å². The largest absolute Gasteiger partial charge is 0.419 e. The number of amides is 2. The normalized spacial score (nSPS) is 12.9. The van der Waals surface area contributed by atoms with E-state index in [2.05, 4.69) is 22.8 Å². The van der Waals surface area contributed by atoms with Crippen molar-refractivity contribution in [2.24, 2.45) is 7.05 Å². The lowest BCUT2D eigenvalue weighted by Gasteiger charge is -2.31. The first-order valence-electron chi connectivity index (χ1n) is 12.6. The van der Waals surface area contributed by atoms with Gasteiger partial charge in [0.2, 0.25) is 5.91 Å². The highest BCUT2D eigenvalue weighted by atomic mass is 35.5. The molecular formula is C27H37ClN6O4. The number of fused-ring (bicyclic) bond motifs is 2. The molecular weight excluding hydrogens is 508 g/mol. The second-order valence-corrected chi connectivity index (χ2v) is 9.85. The smallest absolute Gasteiger partial charge is 0.408 e. The fourth-order valence-corrected chi connectivity index (χ4v) is 4.48. The van der Waals surface area contributed by atoms with Gasteiger partial charge in [-0.15, -0.1) is 12.4 Å². The second kappa shape index (κ2) is 12.5. The van der Waals surface area contributed by atoms with Gasteiger partial charge in [-0.3, -0.25) is 19.2 Å². The van der Waals surface area contributed by atoms with Gasteiger partial charge in [0.15, 0.2) is 5.58 Å². The minimum Gasteiger partial charge on any atom is -0.408 e. The SMILES string of the molecule is Cc1cc2oc(=O)n(C)c2cc1NCC(=O)N(CCNC(C)C)CC(=O)N(C)N1Cc2ccccc2C1.Cl. The number of anilines is 1. The third kappa shape index (κ3) is 6.56. The maximum atomic E-state index is 13.3. The number of aryl methyl sites for hydroxylation is 2. The van der Waals surface area contributed by atoms with Crippen molar-refractivity contribution < 1.29 is 14.0 Å². The molecule has 0 saturated carbocycles. The molecule has 0 fully saturated rings. The van der Waals surface area contributed by atoms with Gasteiger partial charge in [0.1, 0.15) is 6.54 Å². The molecule has 0 saturated heterocycles. The summed E-state index contributed by atoms with van der Waals surface area (Å²) in [4.78, 5) is 39.9. The van der Waals surface area contributed by atoms with Gasteiger partial charge in [-0.2, -0.15) is 0 Å². The Morgan fingerprint density at radius 1 is 1.11 bits per heavy atom. The summed E-state index contributed by atoms with van der Waals surface area (Å²) in [5.74, 6) is -0.760. The number of carbonyl (C=O) groups is 2. The van der Waals surface area contributed by atoms with Crippen molar-refractivity contribution >= 4 is 41.0 Å². The van der Waals surface area contributed by atoms with E-state index in [0.29, 0.717) is 37.3 Å². The molecule has 10 nitrogen and oxygen atoms in total. The molecule has 0 unspecified atom stereocenters. The van der Waals surface area contributed by atoms with Gasteiger partial charge < -0.3 is 20.0 Å². The Kier molecular flexibility index (Phi) is 9.59. The number of likely N-dealkylation sites (N-methyl/N-ethyl adjacent to an activating group) is 1. The van der Waals surface area contributed by atoms with Crippen LogP contribution in [0.15, 0.2) is 45.6 Å². The molecule has 0 spiro atoms. The average Bonchev–Trinajstić information content (AvgIpc) is 3.41. The number of benzene rings is 2. The van der Waals surface area contributed by atoms with Crippen LogP contribution in [0.3, 0.4) is 0 Å². The molecule has 2 N–H and O–H groups in total. The summed E-state index contributed by atoms with van der Waals surface area (Å²) in [5, 5.41) is 10.1. The first-order chi connectivity index (χ1) is 17.6. The van der Waals surface area contributed by atoms with Crippen molar-refractivity contribution in [2.45, 2.75) is 39.9 Å². The molecule has 1 aromatic heterocycles. The van der Waals surface area contributed by atoms with E-state index in [4.69, 9.17) is 4.42 Å². The topological polar surface area (TPSA) is 103 Å². The van der Waals surface area contributed by atoms with Gasteiger partial charge in [0.05, 0.1) is 12.1 Å². The Hall–Kier alpha value is -3.34. The van der Waals surface area contributed by atoms with E-state index in [9.17, 15) is 14.4 Å². The molecule has 2 heterocycles. The predicted octanol–water partition coefficient (Wildman–Crippen LogP) is 2.49. The first kappa shape index (κ1) is 29.2. The van der Waals surface area contributed by atoms with Gasteiger partial charge in [-0.1, -0.05) is 38.1 Å². The number of hydrogen-bond donors (Lipinski definition) is 2. The number of hydrogen-bond acceptors (Lipinski definition) is 7. The van der Waals surface area contributed by atoms with Crippen LogP contribution in [-0.2, 0) is 29.7 Å². The highest BCUT2D eigenvalue weighted by Gasteiger charge is 2.27. The predicted molar refractivity (Wildman–Crippen MR) is 150 cm³/mol. The minimum absolute atomic E-state index is 0. The van der Waals surface area contributed by atoms with Crippen LogP contribution in [0, 0.1) is 6.92 Å². The molecule has 0 atom stereocenters. The fraction of sp³-hybridized carbons (Fsp3) is 0.444. The summed E-state index contributed by atoms with van der Waals surface area (Å²) in [7, 11) is 3.40. The van der Waals surface area contributed by atoms with Crippen LogP contribution in [0.2, 0.25) is 0 Å². The number of aromatic nitrogens is 1. The van der Waals surface area contributed by atoms with Crippen LogP contribution in [0.5, 0.6) is 0 Å². The van der Waals surface area contributed by atoms with Crippen LogP contribution in [0.25, 0.3) is 11.1 Å². The summed E-state index contributed by atoms with van der Waals surface area (Å²) < 4.78 is 6.67. The molecule has 3 aromatic rings. The Labute approximate surface area is 228 Å². The monoisotopic (exact) mass is 544 g/mol. The molecule has 0 aliphatic carbocycles. The van der Waals surface area contributed by atoms with E-state index >= 15 is 0 Å². The number of hydrazine groups is 1. The molecule has 0 bridgehead atoms. The zero-order chi connectivity index (χ0) is 26.7. The van der Waals surface area contributed by atoms with Gasteiger partial charge in [-0.05, 0) is 35.7 Å². The van der Waals surface area contributed by atoms with Gasteiger partial charge >= 0.3 is 5.76 Å². The standard InChI is InChI=1S/C27H36N6O4.ClH/c1-18(2)28-10-11-32(17-26(35)31(5)33-15-20-8-6-7-9-21(20)16-33)25(34)14-29-22-13-23-24(12-19(22)3)37-27(36)30(23)4;/h6-9,12-13,18,28-29H,10-11,14-17H2,1-5H3;1H. The Balaban J connectivity index is 0.00000400. The van der Waals surface area contributed by atoms with Gasteiger partial charge in [0.25, 0.3) is 5.91 Å². The molecule has 1 aliphatic heterocycles. The van der Waals surface area contributed by atoms with Crippen molar-refractivity contribution in [1.29, 1.82) is 0 Å². The Morgan fingerprint density at radius 2 is 1.76 bits per heavy atom. The summed E-state index contributed by atoms with van der Waals surface area (Å²) >= 11 is 0. The van der Waals surface area contributed by atoms with E-state index in [-0.39, 0.29) is 43.4 Å². The summed E-state index contributed by atoms with van der Waals surface area (Å²) in [6, 6.07) is 12.0. The van der Waals surface area contributed by atoms with E-state index in [0.717, 1.165) is 11.3 Å². The van der Waals surface area contributed by atoms with Crippen LogP contribution < -0.4 is 16.4 Å². The number of oxazole rings is 1. The van der Waals surface area contributed by atoms with E-state index in [1.165, 1.54) is 15.7 Å². The lowest BCUT2D eigenvalue weighted by Crippen LogP contribution is -2.49. The Morgan fingerprint density at radius 3 is 2.39 bits per heavy atom. The van der Waals surface area contributed by atoms with Crippen LogP contribution >= 0.6 is 12.4 Å². The molecule has 11 heteroatoms. The van der Waals surface area contributed by atoms with E-state index in [1.807, 2.05) is 37.9 Å². The quantitative estimate of drug-likeness (QED) is 0.404. The zero-order valence-electron chi connectivity index (χ0n) is 22.6. The molecule has 206 valence electrons. The molecule has 38 heavy (non-hydrogen) atoms. The third-order valence-electron chi connectivity index (χ3n) is 6.79. The lowest BCUT2D eigenvalue weighted by molar-refractivity contribution is -0.151. The van der Waals surface area contributed by atoms with Crippen LogP contribution in [-0.4, -0.2) is 70.6 Å². The van der Waals surface area contributed by atoms with E-state index < -0.39 is 5.76 Å². The maximum absolute atomic E-state index is 13.3. The van der Waals surface area contributed by atoms with Crippen LogP contribution in [0.4, 0.5) is 5.69 Å². The number of halogens is 1. The molecule has 2 aromatic carbocycles. The van der Waals surface area contributed by atoms with Crippen molar-refractivity contribution in [1.82, 2.24) is 24.8 Å². The maximum Gasteiger partial charge on any atom is 0.419 e. The molecule has 0 radical (unpaired) electrons. The van der Waals surface area contributed by atoms with Crippen molar-refractivity contribution in [3.63, 3.8) is 0 Å².